The molecule has 27 heavy (non-hydrogen) atoms. The van der Waals surface area contributed by atoms with Crippen LogP contribution in [0.3, 0.4) is 0 Å². The number of thiazole rings is 1. The number of rotatable bonds is 5. The second-order valence-corrected chi connectivity index (χ2v) is 6.94. The van der Waals surface area contributed by atoms with Gasteiger partial charge in [0.2, 0.25) is 11.0 Å². The molecule has 1 N–H and O–H groups in total. The second kappa shape index (κ2) is 6.84. The van der Waals surface area contributed by atoms with Gasteiger partial charge in [0.25, 0.3) is 0 Å². The Morgan fingerprint density at radius 2 is 2.19 bits per heavy atom. The van der Waals surface area contributed by atoms with Gasteiger partial charge in [-0.3, -0.25) is 4.79 Å². The first kappa shape index (κ1) is 17.2. The standard InChI is InChI=1S/C18H17N5O3S/c1-10-7-16(20-17(24)8-13-11(2)22-26-12(13)3)23(21-10)18-19-14(9-27-18)15-5-4-6-25-15/h4-7,9H,8H2,1-3H3,(H,20,24). The molecule has 0 spiro atoms. The summed E-state index contributed by atoms with van der Waals surface area (Å²) in [6, 6.07) is 5.46. The second-order valence-electron chi connectivity index (χ2n) is 6.10. The van der Waals surface area contributed by atoms with Crippen LogP contribution in [0.2, 0.25) is 0 Å². The highest BCUT2D eigenvalue weighted by Crippen LogP contribution is 2.26. The number of aryl methyl sites for hydroxylation is 3. The molecule has 0 bridgehead atoms. The molecule has 4 aromatic heterocycles. The third kappa shape index (κ3) is 3.41. The summed E-state index contributed by atoms with van der Waals surface area (Å²) < 4.78 is 12.1. The molecule has 0 aromatic carbocycles. The minimum Gasteiger partial charge on any atom is -0.463 e. The number of hydrogen-bond acceptors (Lipinski definition) is 7. The minimum absolute atomic E-state index is 0.173. The number of carbonyl (C=O) groups is 1. The Morgan fingerprint density at radius 3 is 2.89 bits per heavy atom. The molecule has 0 radical (unpaired) electrons. The average molecular weight is 383 g/mol. The summed E-state index contributed by atoms with van der Waals surface area (Å²) in [4.78, 5) is 17.1. The first-order valence-electron chi connectivity index (χ1n) is 8.29. The van der Waals surface area contributed by atoms with Gasteiger partial charge in [-0.25, -0.2) is 4.98 Å². The van der Waals surface area contributed by atoms with E-state index in [0.717, 1.165) is 22.6 Å². The molecule has 0 aliphatic heterocycles. The monoisotopic (exact) mass is 383 g/mol. The molecule has 4 heterocycles. The van der Waals surface area contributed by atoms with E-state index in [4.69, 9.17) is 8.94 Å². The van der Waals surface area contributed by atoms with E-state index in [1.54, 1.807) is 23.9 Å². The van der Waals surface area contributed by atoms with Crippen molar-refractivity contribution in [3.05, 3.63) is 52.6 Å². The van der Waals surface area contributed by atoms with Gasteiger partial charge in [-0.1, -0.05) is 5.16 Å². The molecule has 9 heteroatoms. The maximum atomic E-state index is 12.5. The van der Waals surface area contributed by atoms with Crippen molar-refractivity contribution in [2.45, 2.75) is 27.2 Å². The number of anilines is 1. The Kier molecular flexibility index (Phi) is 4.36. The molecule has 1 amide bonds. The topological polar surface area (TPSA) is 99.0 Å². The Bertz CT molecular complexity index is 1070. The molecule has 4 rings (SSSR count). The molecule has 0 saturated heterocycles. The summed E-state index contributed by atoms with van der Waals surface area (Å²) in [6.45, 7) is 5.48. The van der Waals surface area contributed by atoms with Crippen LogP contribution in [0.1, 0.15) is 22.7 Å². The van der Waals surface area contributed by atoms with E-state index in [-0.39, 0.29) is 12.3 Å². The lowest BCUT2D eigenvalue weighted by Gasteiger charge is -2.06. The highest BCUT2D eigenvalue weighted by Gasteiger charge is 2.18. The van der Waals surface area contributed by atoms with Crippen LogP contribution in [0.15, 0.2) is 38.8 Å². The zero-order chi connectivity index (χ0) is 19.0. The number of hydrogen-bond donors (Lipinski definition) is 1. The molecule has 0 atom stereocenters. The van der Waals surface area contributed by atoms with Gasteiger partial charge in [0.1, 0.15) is 17.3 Å². The highest BCUT2D eigenvalue weighted by molar-refractivity contribution is 7.12. The predicted octanol–water partition coefficient (Wildman–Crippen LogP) is 3.68. The van der Waals surface area contributed by atoms with Crippen molar-refractivity contribution in [1.29, 1.82) is 0 Å². The number of amides is 1. The zero-order valence-corrected chi connectivity index (χ0v) is 15.8. The van der Waals surface area contributed by atoms with Crippen LogP contribution >= 0.6 is 11.3 Å². The molecule has 138 valence electrons. The van der Waals surface area contributed by atoms with Crippen LogP contribution in [0, 0.1) is 20.8 Å². The molecule has 0 saturated carbocycles. The highest BCUT2D eigenvalue weighted by atomic mass is 32.1. The fraction of sp³-hybridized carbons (Fsp3) is 0.222. The lowest BCUT2D eigenvalue weighted by atomic mass is 10.1. The quantitative estimate of drug-likeness (QED) is 0.564. The van der Waals surface area contributed by atoms with Crippen molar-refractivity contribution in [3.8, 4) is 16.6 Å². The van der Waals surface area contributed by atoms with Crippen molar-refractivity contribution >= 4 is 23.1 Å². The molecule has 4 aromatic rings. The van der Waals surface area contributed by atoms with E-state index < -0.39 is 0 Å². The van der Waals surface area contributed by atoms with Crippen LogP contribution in [-0.4, -0.2) is 25.8 Å². The van der Waals surface area contributed by atoms with Crippen LogP contribution in [0.25, 0.3) is 16.6 Å². The summed E-state index contributed by atoms with van der Waals surface area (Å²) in [7, 11) is 0. The molecule has 0 fully saturated rings. The molecule has 8 nitrogen and oxygen atoms in total. The van der Waals surface area contributed by atoms with Gasteiger partial charge in [0.05, 0.1) is 24.1 Å². The summed E-state index contributed by atoms with van der Waals surface area (Å²) in [6.07, 6.45) is 1.79. The van der Waals surface area contributed by atoms with E-state index in [1.807, 2.05) is 31.4 Å². The van der Waals surface area contributed by atoms with Gasteiger partial charge < -0.3 is 14.3 Å². The third-order valence-corrected chi connectivity index (χ3v) is 4.88. The van der Waals surface area contributed by atoms with Crippen molar-refractivity contribution in [2.75, 3.05) is 5.32 Å². The van der Waals surface area contributed by atoms with Crippen LogP contribution in [0.4, 0.5) is 5.82 Å². The first-order valence-corrected chi connectivity index (χ1v) is 9.17. The van der Waals surface area contributed by atoms with Crippen molar-refractivity contribution in [2.24, 2.45) is 0 Å². The minimum atomic E-state index is -0.173. The Labute approximate surface area is 158 Å². The predicted molar refractivity (Wildman–Crippen MR) is 100.0 cm³/mol. The Balaban J connectivity index is 1.57. The number of nitrogens with one attached hydrogen (secondary N) is 1. The van der Waals surface area contributed by atoms with E-state index in [0.29, 0.717) is 22.5 Å². The molecular weight excluding hydrogens is 366 g/mol. The number of carbonyl (C=O) groups excluding carboxylic acids is 1. The Morgan fingerprint density at radius 1 is 1.33 bits per heavy atom. The van der Waals surface area contributed by atoms with Gasteiger partial charge in [-0.2, -0.15) is 9.78 Å². The largest absolute Gasteiger partial charge is 0.463 e. The maximum absolute atomic E-state index is 12.5. The van der Waals surface area contributed by atoms with Crippen LogP contribution in [0.5, 0.6) is 0 Å². The number of nitrogens with zero attached hydrogens (tertiary/aromatic N) is 4. The lowest BCUT2D eigenvalue weighted by Crippen LogP contribution is -2.17. The summed E-state index contributed by atoms with van der Waals surface area (Å²) >= 11 is 1.42. The summed E-state index contributed by atoms with van der Waals surface area (Å²) in [5.74, 6) is 1.72. The first-order chi connectivity index (χ1) is 13.0. The fourth-order valence-corrected chi connectivity index (χ4v) is 3.51. The van der Waals surface area contributed by atoms with E-state index in [9.17, 15) is 4.79 Å². The fourth-order valence-electron chi connectivity index (χ4n) is 2.74. The van der Waals surface area contributed by atoms with Gasteiger partial charge >= 0.3 is 0 Å². The molecule has 0 aliphatic rings. The average Bonchev–Trinajstić information content (AvgIpc) is 3.39. The third-order valence-electron chi connectivity index (χ3n) is 4.06. The normalized spacial score (nSPS) is 11.1. The number of aromatic nitrogens is 4. The van der Waals surface area contributed by atoms with Gasteiger partial charge in [0.15, 0.2) is 5.76 Å². The zero-order valence-electron chi connectivity index (χ0n) is 15.0. The maximum Gasteiger partial charge on any atom is 0.230 e. The van der Waals surface area contributed by atoms with Crippen LogP contribution in [-0.2, 0) is 11.2 Å². The molecule has 0 aliphatic carbocycles. The van der Waals surface area contributed by atoms with Gasteiger partial charge in [-0.05, 0) is 32.9 Å². The van der Waals surface area contributed by atoms with E-state index >= 15 is 0 Å². The smallest absolute Gasteiger partial charge is 0.230 e. The number of furan rings is 1. The van der Waals surface area contributed by atoms with Crippen LogP contribution < -0.4 is 5.32 Å². The van der Waals surface area contributed by atoms with Crippen molar-refractivity contribution in [3.63, 3.8) is 0 Å². The van der Waals surface area contributed by atoms with Gasteiger partial charge in [-0.15, -0.1) is 11.3 Å². The van der Waals surface area contributed by atoms with E-state index in [1.165, 1.54) is 11.3 Å². The van der Waals surface area contributed by atoms with Crippen molar-refractivity contribution < 1.29 is 13.7 Å². The summed E-state index contributed by atoms with van der Waals surface area (Å²) in [5.41, 5.74) is 3.01. The summed E-state index contributed by atoms with van der Waals surface area (Å²) in [5, 5.41) is 13.8. The molecule has 0 unspecified atom stereocenters. The molecular formula is C18H17N5O3S. The Hall–Kier alpha value is -3.20. The lowest BCUT2D eigenvalue weighted by molar-refractivity contribution is -0.115. The SMILES string of the molecule is Cc1cc(NC(=O)Cc2c(C)noc2C)n(-c2nc(-c3ccco3)cs2)n1. The van der Waals surface area contributed by atoms with Gasteiger partial charge in [0, 0.05) is 17.0 Å². The van der Waals surface area contributed by atoms with E-state index in [2.05, 4.69) is 20.6 Å². The van der Waals surface area contributed by atoms with Crippen molar-refractivity contribution in [1.82, 2.24) is 19.9 Å².